The van der Waals surface area contributed by atoms with Gasteiger partial charge in [-0.2, -0.15) is 9.98 Å². The Morgan fingerprint density at radius 2 is 0.703 bits per heavy atom. The molecule has 0 N–H and O–H groups in total. The van der Waals surface area contributed by atoms with Gasteiger partial charge in [0.25, 0.3) is 0 Å². The molecule has 0 atom stereocenters. The molecule has 0 radical (unpaired) electrons. The Bertz CT molecular complexity index is 1200. The van der Waals surface area contributed by atoms with Crippen LogP contribution in [-0.4, -0.2) is 32.2 Å². The van der Waals surface area contributed by atoms with Crippen molar-refractivity contribution in [3.05, 3.63) is 97.1 Å². The van der Waals surface area contributed by atoms with E-state index < -0.39 is 0 Å². The third-order valence-corrected chi connectivity index (χ3v) is 6.75. The molecule has 188 valence electrons. The standard InChI is InChI=1S/C33H36N4/c1-5-36(6-2)32-21-13-28(14-22-32)26-9-17-30(18-10-26)34-25-35-31-19-11-27(12-20-31)29-15-23-33(24-16-29)37(7-3)8-4/h9-24H,5-8H2,1-4H3. The van der Waals surface area contributed by atoms with Gasteiger partial charge in [-0.05, 0) is 98.5 Å². The smallest absolute Gasteiger partial charge is 0.100 e. The average Bonchev–Trinajstić information content (AvgIpc) is 2.96. The van der Waals surface area contributed by atoms with Crippen molar-refractivity contribution in [2.45, 2.75) is 27.7 Å². The van der Waals surface area contributed by atoms with Crippen LogP contribution in [0.1, 0.15) is 27.7 Å². The second-order valence-electron chi connectivity index (χ2n) is 8.86. The molecular formula is C33H36N4. The lowest BCUT2D eigenvalue weighted by Gasteiger charge is -2.21. The molecule has 37 heavy (non-hydrogen) atoms. The maximum Gasteiger partial charge on any atom is 0.100 e. The lowest BCUT2D eigenvalue weighted by atomic mass is 10.0. The maximum atomic E-state index is 4.39. The zero-order valence-corrected chi connectivity index (χ0v) is 22.4. The van der Waals surface area contributed by atoms with Crippen LogP contribution >= 0.6 is 0 Å². The van der Waals surface area contributed by atoms with E-state index in [2.05, 4.69) is 126 Å². The van der Waals surface area contributed by atoms with Crippen LogP contribution in [0.3, 0.4) is 0 Å². The van der Waals surface area contributed by atoms with E-state index in [1.807, 2.05) is 24.3 Å². The molecule has 4 rings (SSSR count). The molecule has 0 fully saturated rings. The molecule has 0 saturated heterocycles. The fraction of sp³-hybridized carbons (Fsp3) is 0.242. The summed E-state index contributed by atoms with van der Waals surface area (Å²) in [4.78, 5) is 13.5. The lowest BCUT2D eigenvalue weighted by molar-refractivity contribution is 0.866. The zero-order valence-electron chi connectivity index (χ0n) is 22.4. The first-order valence-corrected chi connectivity index (χ1v) is 13.2. The number of anilines is 2. The van der Waals surface area contributed by atoms with Gasteiger partial charge in [0.1, 0.15) is 6.01 Å². The Kier molecular flexibility index (Phi) is 8.91. The largest absolute Gasteiger partial charge is 0.372 e. The Hall–Kier alpha value is -4.14. The molecular weight excluding hydrogens is 452 g/mol. The van der Waals surface area contributed by atoms with Crippen LogP contribution in [0.2, 0.25) is 0 Å². The minimum atomic E-state index is 0.831. The topological polar surface area (TPSA) is 31.2 Å². The Balaban J connectivity index is 1.39. The minimum Gasteiger partial charge on any atom is -0.372 e. The van der Waals surface area contributed by atoms with Gasteiger partial charge in [0, 0.05) is 37.6 Å². The van der Waals surface area contributed by atoms with Gasteiger partial charge in [-0.25, -0.2) is 0 Å². The van der Waals surface area contributed by atoms with E-state index in [0.29, 0.717) is 0 Å². The van der Waals surface area contributed by atoms with Crippen LogP contribution in [0.25, 0.3) is 22.3 Å². The van der Waals surface area contributed by atoms with Gasteiger partial charge < -0.3 is 9.80 Å². The van der Waals surface area contributed by atoms with Crippen molar-refractivity contribution in [3.63, 3.8) is 0 Å². The summed E-state index contributed by atoms with van der Waals surface area (Å²) < 4.78 is 0. The highest BCUT2D eigenvalue weighted by Gasteiger charge is 2.04. The molecule has 0 bridgehead atoms. The van der Waals surface area contributed by atoms with Crippen molar-refractivity contribution >= 4 is 28.8 Å². The van der Waals surface area contributed by atoms with Crippen LogP contribution in [-0.2, 0) is 0 Å². The van der Waals surface area contributed by atoms with E-state index in [-0.39, 0.29) is 0 Å². The van der Waals surface area contributed by atoms with Crippen molar-refractivity contribution in [3.8, 4) is 22.3 Å². The summed E-state index contributed by atoms with van der Waals surface area (Å²) in [6.45, 7) is 12.8. The first-order chi connectivity index (χ1) is 18.1. The molecule has 4 nitrogen and oxygen atoms in total. The normalized spacial score (nSPS) is 10.5. The van der Waals surface area contributed by atoms with Gasteiger partial charge in [-0.1, -0.05) is 48.5 Å². The number of benzene rings is 4. The number of hydrogen-bond donors (Lipinski definition) is 0. The molecule has 0 heterocycles. The number of aliphatic imine (C=N–C) groups is 2. The van der Waals surface area contributed by atoms with Crippen LogP contribution in [0, 0.1) is 0 Å². The van der Waals surface area contributed by atoms with Gasteiger partial charge >= 0.3 is 0 Å². The summed E-state index contributed by atoms with van der Waals surface area (Å²) in [6.07, 6.45) is 0. The summed E-state index contributed by atoms with van der Waals surface area (Å²) in [5, 5.41) is 0. The predicted molar refractivity (Wildman–Crippen MR) is 160 cm³/mol. The minimum absolute atomic E-state index is 0.831. The monoisotopic (exact) mass is 488 g/mol. The van der Waals surface area contributed by atoms with E-state index in [9.17, 15) is 0 Å². The Morgan fingerprint density at radius 3 is 0.973 bits per heavy atom. The highest BCUT2D eigenvalue weighted by atomic mass is 15.1. The number of rotatable bonds is 10. The second kappa shape index (κ2) is 12.7. The summed E-state index contributed by atoms with van der Waals surface area (Å²) in [5.74, 6) is 0. The molecule has 0 aliphatic rings. The molecule has 4 aromatic rings. The van der Waals surface area contributed by atoms with Gasteiger partial charge in [0.15, 0.2) is 0 Å². The summed E-state index contributed by atoms with van der Waals surface area (Å²) in [6, 6.07) is 36.7. The number of hydrogen-bond acceptors (Lipinski definition) is 4. The number of nitrogens with zero attached hydrogens (tertiary/aromatic N) is 4. The predicted octanol–water partition coefficient (Wildman–Crippen LogP) is 8.85. The maximum absolute atomic E-state index is 4.39. The molecule has 4 heteroatoms. The fourth-order valence-electron chi connectivity index (χ4n) is 4.50. The first-order valence-electron chi connectivity index (χ1n) is 13.2. The average molecular weight is 489 g/mol. The Labute approximate surface area is 221 Å². The molecule has 0 unspecified atom stereocenters. The quantitative estimate of drug-likeness (QED) is 0.209. The third-order valence-electron chi connectivity index (χ3n) is 6.75. The van der Waals surface area contributed by atoms with E-state index in [1.54, 1.807) is 0 Å². The third kappa shape index (κ3) is 6.55. The van der Waals surface area contributed by atoms with Crippen LogP contribution in [0.4, 0.5) is 22.7 Å². The Morgan fingerprint density at radius 1 is 0.432 bits per heavy atom. The molecule has 4 aromatic carbocycles. The van der Waals surface area contributed by atoms with Crippen LogP contribution in [0.5, 0.6) is 0 Å². The molecule has 0 saturated carbocycles. The molecule has 0 aromatic heterocycles. The van der Waals surface area contributed by atoms with E-state index in [4.69, 9.17) is 0 Å². The van der Waals surface area contributed by atoms with Crippen LogP contribution < -0.4 is 9.80 Å². The molecule has 0 aliphatic heterocycles. The van der Waals surface area contributed by atoms with Crippen molar-refractivity contribution in [1.29, 1.82) is 0 Å². The van der Waals surface area contributed by atoms with Crippen molar-refractivity contribution in [1.82, 2.24) is 0 Å². The van der Waals surface area contributed by atoms with E-state index in [1.165, 1.54) is 33.6 Å². The fourth-order valence-corrected chi connectivity index (χ4v) is 4.50. The van der Waals surface area contributed by atoms with Crippen LogP contribution in [0.15, 0.2) is 107 Å². The van der Waals surface area contributed by atoms with E-state index >= 15 is 0 Å². The molecule has 0 amide bonds. The van der Waals surface area contributed by atoms with E-state index in [0.717, 1.165) is 37.6 Å². The van der Waals surface area contributed by atoms with Gasteiger partial charge in [-0.3, -0.25) is 0 Å². The second-order valence-corrected chi connectivity index (χ2v) is 8.86. The molecule has 0 spiro atoms. The lowest BCUT2D eigenvalue weighted by Crippen LogP contribution is -2.21. The molecule has 0 aliphatic carbocycles. The van der Waals surface area contributed by atoms with Crippen molar-refractivity contribution in [2.75, 3.05) is 36.0 Å². The first kappa shape index (κ1) is 25.9. The van der Waals surface area contributed by atoms with Crippen molar-refractivity contribution in [2.24, 2.45) is 9.98 Å². The highest BCUT2D eigenvalue weighted by molar-refractivity contribution is 5.70. The summed E-state index contributed by atoms with van der Waals surface area (Å²) >= 11 is 0. The zero-order chi connectivity index (χ0) is 26.0. The van der Waals surface area contributed by atoms with Gasteiger partial charge in [-0.15, -0.1) is 0 Å². The highest BCUT2D eigenvalue weighted by Crippen LogP contribution is 2.27. The van der Waals surface area contributed by atoms with Gasteiger partial charge in [0.2, 0.25) is 0 Å². The SMILES string of the molecule is CCN(CC)c1ccc(-c2ccc(N=C=Nc3ccc(-c4ccc(N(CC)CC)cc4)cc3)cc2)cc1. The summed E-state index contributed by atoms with van der Waals surface area (Å²) in [5.41, 5.74) is 8.91. The van der Waals surface area contributed by atoms with Crippen molar-refractivity contribution < 1.29 is 0 Å². The summed E-state index contributed by atoms with van der Waals surface area (Å²) in [7, 11) is 0. The van der Waals surface area contributed by atoms with Gasteiger partial charge in [0.05, 0.1) is 11.4 Å².